The van der Waals surface area contributed by atoms with E-state index in [0.29, 0.717) is 19.5 Å². The van der Waals surface area contributed by atoms with Gasteiger partial charge in [0.15, 0.2) is 0 Å². The highest BCUT2D eigenvalue weighted by molar-refractivity contribution is 5.91. The molecule has 0 aromatic heterocycles. The number of nitrogens with zero attached hydrogens (tertiary/aromatic N) is 4. The van der Waals surface area contributed by atoms with E-state index in [2.05, 4.69) is 23.4 Å². The first-order valence-corrected chi connectivity index (χ1v) is 13.0. The molecule has 1 N–H and O–H groups in total. The third-order valence-electron chi connectivity index (χ3n) is 6.90. The van der Waals surface area contributed by atoms with Crippen molar-refractivity contribution in [1.29, 1.82) is 0 Å². The van der Waals surface area contributed by atoms with Crippen molar-refractivity contribution in [3.63, 3.8) is 0 Å². The van der Waals surface area contributed by atoms with Crippen LogP contribution >= 0.6 is 0 Å². The number of benzene rings is 2. The van der Waals surface area contributed by atoms with Gasteiger partial charge in [0.25, 0.3) is 0 Å². The topological polar surface area (TPSA) is 76.2 Å². The molecule has 4 rings (SSSR count). The summed E-state index contributed by atoms with van der Waals surface area (Å²) in [5.74, 6) is 2.35. The van der Waals surface area contributed by atoms with Gasteiger partial charge in [-0.1, -0.05) is 79.9 Å². The average Bonchev–Trinajstić information content (AvgIpc) is 2.91. The summed E-state index contributed by atoms with van der Waals surface area (Å²) in [5.41, 5.74) is 2.18. The van der Waals surface area contributed by atoms with Crippen LogP contribution in [0.1, 0.15) is 37.3 Å². The molecule has 4 amide bonds. The first kappa shape index (κ1) is 26.2. The molecule has 2 aromatic rings. The lowest BCUT2D eigenvalue weighted by Crippen LogP contribution is -2.76. The third kappa shape index (κ3) is 6.12. The fraction of sp³-hybridized carbons (Fsp3) is 0.414. The van der Waals surface area contributed by atoms with Gasteiger partial charge in [0.2, 0.25) is 11.8 Å². The fourth-order valence-corrected chi connectivity index (χ4v) is 5.16. The molecule has 2 aliphatic heterocycles. The van der Waals surface area contributed by atoms with E-state index < -0.39 is 12.2 Å². The zero-order chi connectivity index (χ0) is 26.2. The van der Waals surface area contributed by atoms with Gasteiger partial charge in [-0.3, -0.25) is 9.59 Å². The Labute approximate surface area is 219 Å². The highest BCUT2D eigenvalue weighted by Gasteiger charge is 2.50. The minimum absolute atomic E-state index is 0.0407. The molecule has 8 heteroatoms. The van der Waals surface area contributed by atoms with E-state index in [0.717, 1.165) is 24.8 Å². The molecule has 0 unspecified atom stereocenters. The summed E-state index contributed by atoms with van der Waals surface area (Å²) in [6.45, 7) is 3.23. The minimum Gasteiger partial charge on any atom is -0.337 e. The van der Waals surface area contributed by atoms with Crippen LogP contribution in [0.15, 0.2) is 60.7 Å². The monoisotopic (exact) mass is 501 g/mol. The number of hydrogen-bond acceptors (Lipinski definition) is 4. The fourth-order valence-electron chi connectivity index (χ4n) is 5.16. The molecule has 0 saturated carbocycles. The number of rotatable bonds is 9. The minimum atomic E-state index is -0.614. The summed E-state index contributed by atoms with van der Waals surface area (Å²) in [7, 11) is 0. The molecule has 2 heterocycles. The molecule has 2 aliphatic rings. The Morgan fingerprint density at radius 2 is 1.73 bits per heavy atom. The van der Waals surface area contributed by atoms with Crippen LogP contribution in [0.5, 0.6) is 0 Å². The van der Waals surface area contributed by atoms with E-state index in [1.54, 1.807) is 14.9 Å². The molecule has 8 nitrogen and oxygen atoms in total. The molecule has 2 atom stereocenters. The van der Waals surface area contributed by atoms with E-state index in [9.17, 15) is 14.4 Å². The van der Waals surface area contributed by atoms with Crippen LogP contribution in [0.2, 0.25) is 0 Å². The maximum absolute atomic E-state index is 13.5. The van der Waals surface area contributed by atoms with Crippen molar-refractivity contribution in [2.75, 3.05) is 26.2 Å². The van der Waals surface area contributed by atoms with Crippen molar-refractivity contribution in [2.24, 2.45) is 0 Å². The van der Waals surface area contributed by atoms with Gasteiger partial charge in [0.05, 0.1) is 19.6 Å². The number of fused-ring (bicyclic) bond motifs is 1. The molecular formula is C29H35N5O3. The number of amides is 4. The molecule has 37 heavy (non-hydrogen) atoms. The Morgan fingerprint density at radius 1 is 1.05 bits per heavy atom. The Balaban J connectivity index is 1.55. The van der Waals surface area contributed by atoms with Crippen LogP contribution in [0.25, 0.3) is 0 Å². The second-order valence-corrected chi connectivity index (χ2v) is 9.48. The summed E-state index contributed by atoms with van der Waals surface area (Å²) < 4.78 is 0. The van der Waals surface area contributed by atoms with Gasteiger partial charge in [-0.25, -0.2) is 9.80 Å². The summed E-state index contributed by atoms with van der Waals surface area (Å²) in [6, 6.07) is 18.9. The highest BCUT2D eigenvalue weighted by atomic mass is 16.2. The van der Waals surface area contributed by atoms with Crippen molar-refractivity contribution >= 4 is 17.8 Å². The maximum atomic E-state index is 13.5. The molecule has 0 bridgehead atoms. The summed E-state index contributed by atoms with van der Waals surface area (Å²) in [6.07, 6.45) is 7.93. The number of piperazine rings is 1. The lowest BCUT2D eigenvalue weighted by Gasteiger charge is -2.55. The van der Waals surface area contributed by atoms with Crippen LogP contribution in [-0.4, -0.2) is 76.0 Å². The van der Waals surface area contributed by atoms with Gasteiger partial charge >= 0.3 is 6.03 Å². The Kier molecular flexibility index (Phi) is 8.81. The van der Waals surface area contributed by atoms with E-state index in [1.165, 1.54) is 5.56 Å². The maximum Gasteiger partial charge on any atom is 0.334 e. The van der Waals surface area contributed by atoms with Crippen LogP contribution in [0.3, 0.4) is 0 Å². The molecule has 2 aromatic carbocycles. The zero-order valence-corrected chi connectivity index (χ0v) is 21.4. The molecule has 194 valence electrons. The van der Waals surface area contributed by atoms with Gasteiger partial charge in [-0.15, -0.1) is 6.42 Å². The van der Waals surface area contributed by atoms with E-state index in [4.69, 9.17) is 6.42 Å². The van der Waals surface area contributed by atoms with Crippen molar-refractivity contribution < 1.29 is 14.4 Å². The number of hydrazine groups is 1. The molecule has 2 saturated heterocycles. The SMILES string of the molecule is C#CCN1CC(=O)N2[C@@H](CCC)C(=O)N(CCCc3ccccc3)C[C@@H]2N1C(=O)NCc1ccccc1. The number of urea groups is 1. The Hall–Kier alpha value is -3.83. The first-order valence-electron chi connectivity index (χ1n) is 13.0. The van der Waals surface area contributed by atoms with Gasteiger partial charge in [0, 0.05) is 13.1 Å². The van der Waals surface area contributed by atoms with Crippen molar-refractivity contribution in [3.05, 3.63) is 71.8 Å². The van der Waals surface area contributed by atoms with Crippen LogP contribution in [0, 0.1) is 12.3 Å². The molecule has 0 spiro atoms. The van der Waals surface area contributed by atoms with Gasteiger partial charge in [-0.05, 0) is 30.4 Å². The molecule has 0 aliphatic carbocycles. The highest BCUT2D eigenvalue weighted by Crippen LogP contribution is 2.28. The van der Waals surface area contributed by atoms with Crippen molar-refractivity contribution in [2.45, 2.75) is 51.4 Å². The number of terminal acetylenes is 1. The van der Waals surface area contributed by atoms with E-state index >= 15 is 0 Å². The number of carbonyl (C=O) groups excluding carboxylic acids is 3. The second-order valence-electron chi connectivity index (χ2n) is 9.48. The number of nitrogens with one attached hydrogen (secondary N) is 1. The number of carbonyl (C=O) groups is 3. The van der Waals surface area contributed by atoms with Crippen molar-refractivity contribution in [1.82, 2.24) is 25.1 Å². The molecule has 2 fully saturated rings. The standard InChI is InChI=1S/C29H35N5O3/c1-3-12-25-28(36)31(19-11-17-23-13-7-5-8-14-23)21-26-33(25)27(35)22-32(18-4-2)34(26)29(37)30-20-24-15-9-6-10-16-24/h2,5-10,13-16,25-26H,3,11-12,17-22H2,1H3,(H,30,37)/t25-,26-/m0/s1. The number of aryl methyl sites for hydroxylation is 1. The van der Waals surface area contributed by atoms with Crippen LogP contribution in [0.4, 0.5) is 4.79 Å². The smallest absolute Gasteiger partial charge is 0.334 e. The second kappa shape index (κ2) is 12.4. The van der Waals surface area contributed by atoms with E-state index in [-0.39, 0.29) is 37.5 Å². The summed E-state index contributed by atoms with van der Waals surface area (Å²) in [5, 5.41) is 6.15. The average molecular weight is 502 g/mol. The molecular weight excluding hydrogens is 466 g/mol. The third-order valence-corrected chi connectivity index (χ3v) is 6.90. The van der Waals surface area contributed by atoms with Gasteiger partial charge in [-0.2, -0.15) is 5.01 Å². The van der Waals surface area contributed by atoms with Gasteiger partial charge in [0.1, 0.15) is 12.2 Å². The van der Waals surface area contributed by atoms with Gasteiger partial charge < -0.3 is 15.1 Å². The normalized spacial score (nSPS) is 19.9. The number of hydrogen-bond donors (Lipinski definition) is 1. The molecule has 0 radical (unpaired) electrons. The van der Waals surface area contributed by atoms with E-state index in [1.807, 2.05) is 60.4 Å². The first-order chi connectivity index (χ1) is 18.0. The summed E-state index contributed by atoms with van der Waals surface area (Å²) >= 11 is 0. The zero-order valence-electron chi connectivity index (χ0n) is 21.4. The quantitative estimate of drug-likeness (QED) is 0.536. The largest absolute Gasteiger partial charge is 0.337 e. The Bertz CT molecular complexity index is 1120. The summed E-state index contributed by atoms with van der Waals surface area (Å²) in [4.78, 5) is 43.8. The lowest BCUT2D eigenvalue weighted by molar-refractivity contribution is -0.189. The Morgan fingerprint density at radius 3 is 2.38 bits per heavy atom. The lowest BCUT2D eigenvalue weighted by atomic mass is 10.0. The predicted octanol–water partition coefficient (Wildman–Crippen LogP) is 2.86. The predicted molar refractivity (Wildman–Crippen MR) is 142 cm³/mol. The van der Waals surface area contributed by atoms with Crippen LogP contribution in [-0.2, 0) is 22.6 Å². The van der Waals surface area contributed by atoms with Crippen molar-refractivity contribution in [3.8, 4) is 12.3 Å². The van der Waals surface area contributed by atoms with Crippen LogP contribution < -0.4 is 5.32 Å².